The number of hydrogen-bond donors (Lipinski definition) is 2. The van der Waals surface area contributed by atoms with E-state index < -0.39 is 0 Å². The fourth-order valence-electron chi connectivity index (χ4n) is 1.90. The topological polar surface area (TPSA) is 58.0 Å². The first-order valence-corrected chi connectivity index (χ1v) is 6.46. The van der Waals surface area contributed by atoms with Crippen molar-refractivity contribution >= 4 is 33.3 Å². The van der Waals surface area contributed by atoms with Crippen molar-refractivity contribution in [2.45, 2.75) is 37.8 Å². The lowest BCUT2D eigenvalue weighted by atomic mass is 9.93. The highest BCUT2D eigenvalue weighted by atomic mass is 79.9. The van der Waals surface area contributed by atoms with Gasteiger partial charge in [0.25, 0.3) is 0 Å². The van der Waals surface area contributed by atoms with Crippen molar-refractivity contribution in [3.8, 4) is 0 Å². The third-order valence-electron chi connectivity index (χ3n) is 2.77. The fourth-order valence-corrected chi connectivity index (χ4v) is 2.34. The number of rotatable bonds is 2. The lowest BCUT2D eigenvalue weighted by molar-refractivity contribution is 0.116. The van der Waals surface area contributed by atoms with E-state index in [1.165, 1.54) is 0 Å². The fraction of sp³-hybridized carbons (Fsp3) is 0.600. The summed E-state index contributed by atoms with van der Waals surface area (Å²) in [5.41, 5.74) is 0. The normalized spacial score (nSPS) is 25.4. The summed E-state index contributed by atoms with van der Waals surface area (Å²) in [6.45, 7) is 0. The molecule has 1 fully saturated rings. The molecular formula is C10H13BrClN3O. The molecule has 1 aromatic heterocycles. The largest absolute Gasteiger partial charge is 0.391 e. The van der Waals surface area contributed by atoms with Crippen LogP contribution in [0.15, 0.2) is 10.7 Å². The van der Waals surface area contributed by atoms with Crippen LogP contribution in [0.1, 0.15) is 25.7 Å². The molecular weight excluding hydrogens is 293 g/mol. The smallest absolute Gasteiger partial charge is 0.224 e. The summed E-state index contributed by atoms with van der Waals surface area (Å²) in [7, 11) is 0. The number of anilines is 1. The van der Waals surface area contributed by atoms with E-state index in [1.54, 1.807) is 6.20 Å². The molecule has 6 heteroatoms. The Morgan fingerprint density at radius 2 is 2.19 bits per heavy atom. The molecule has 0 unspecified atom stereocenters. The summed E-state index contributed by atoms with van der Waals surface area (Å²) >= 11 is 9.07. The van der Waals surface area contributed by atoms with Crippen molar-refractivity contribution in [1.82, 2.24) is 9.97 Å². The van der Waals surface area contributed by atoms with E-state index >= 15 is 0 Å². The zero-order chi connectivity index (χ0) is 11.5. The number of aromatic nitrogens is 2. The average molecular weight is 307 g/mol. The highest BCUT2D eigenvalue weighted by Crippen LogP contribution is 2.25. The Morgan fingerprint density at radius 1 is 1.44 bits per heavy atom. The SMILES string of the molecule is O[C@@H]1CCCC[C@H]1Nc1nc(Cl)ncc1Br. The third kappa shape index (κ3) is 2.84. The zero-order valence-corrected chi connectivity index (χ0v) is 11.0. The minimum Gasteiger partial charge on any atom is -0.391 e. The minimum absolute atomic E-state index is 0.0519. The molecule has 1 aliphatic rings. The summed E-state index contributed by atoms with van der Waals surface area (Å²) in [6, 6.07) is 0.0519. The number of nitrogens with one attached hydrogen (secondary N) is 1. The highest BCUT2D eigenvalue weighted by Gasteiger charge is 2.23. The van der Waals surface area contributed by atoms with Gasteiger partial charge in [-0.15, -0.1) is 0 Å². The maximum atomic E-state index is 9.84. The van der Waals surface area contributed by atoms with Crippen molar-refractivity contribution in [2.75, 3.05) is 5.32 Å². The molecule has 0 aromatic carbocycles. The van der Waals surface area contributed by atoms with Gasteiger partial charge in [-0.25, -0.2) is 4.98 Å². The molecule has 0 amide bonds. The maximum Gasteiger partial charge on any atom is 0.224 e. The lowest BCUT2D eigenvalue weighted by Crippen LogP contribution is -2.36. The van der Waals surface area contributed by atoms with Gasteiger partial charge in [0.15, 0.2) is 0 Å². The second-order valence-corrected chi connectivity index (χ2v) is 5.13. The number of aliphatic hydroxyl groups excluding tert-OH is 1. The van der Waals surface area contributed by atoms with Gasteiger partial charge in [0, 0.05) is 6.20 Å². The van der Waals surface area contributed by atoms with Crippen LogP contribution in [-0.2, 0) is 0 Å². The molecule has 1 aliphatic carbocycles. The Hall–Kier alpha value is -0.390. The van der Waals surface area contributed by atoms with Gasteiger partial charge in [-0.05, 0) is 40.4 Å². The third-order valence-corrected chi connectivity index (χ3v) is 3.53. The molecule has 1 heterocycles. The second kappa shape index (κ2) is 5.29. The summed E-state index contributed by atoms with van der Waals surface area (Å²) in [5.74, 6) is 0.644. The van der Waals surface area contributed by atoms with E-state index in [4.69, 9.17) is 11.6 Å². The summed E-state index contributed by atoms with van der Waals surface area (Å²) < 4.78 is 0.759. The summed E-state index contributed by atoms with van der Waals surface area (Å²) in [6.07, 6.45) is 5.31. The second-order valence-electron chi connectivity index (χ2n) is 3.94. The molecule has 0 saturated heterocycles. The minimum atomic E-state index is -0.311. The highest BCUT2D eigenvalue weighted by molar-refractivity contribution is 9.10. The first kappa shape index (κ1) is 12.1. The van der Waals surface area contributed by atoms with Crippen LogP contribution in [0.25, 0.3) is 0 Å². The molecule has 1 aromatic rings. The van der Waals surface area contributed by atoms with E-state index in [9.17, 15) is 5.11 Å². The van der Waals surface area contributed by atoms with Crippen LogP contribution >= 0.6 is 27.5 Å². The monoisotopic (exact) mass is 305 g/mol. The van der Waals surface area contributed by atoms with E-state index in [1.807, 2.05) is 0 Å². The van der Waals surface area contributed by atoms with Crippen molar-refractivity contribution in [1.29, 1.82) is 0 Å². The number of halogens is 2. The number of hydrogen-bond acceptors (Lipinski definition) is 4. The van der Waals surface area contributed by atoms with E-state index in [-0.39, 0.29) is 17.4 Å². The summed E-state index contributed by atoms with van der Waals surface area (Å²) in [4.78, 5) is 7.94. The molecule has 16 heavy (non-hydrogen) atoms. The number of aliphatic hydroxyl groups is 1. The first-order valence-electron chi connectivity index (χ1n) is 5.29. The molecule has 0 radical (unpaired) electrons. The van der Waals surface area contributed by atoms with Gasteiger partial charge in [0.1, 0.15) is 5.82 Å². The van der Waals surface area contributed by atoms with Crippen LogP contribution in [0.5, 0.6) is 0 Å². The molecule has 1 saturated carbocycles. The Kier molecular flexibility index (Phi) is 4.00. The van der Waals surface area contributed by atoms with Crippen LogP contribution < -0.4 is 5.32 Å². The van der Waals surface area contributed by atoms with Crippen molar-refractivity contribution in [3.05, 3.63) is 16.0 Å². The number of nitrogens with zero attached hydrogens (tertiary/aromatic N) is 2. The standard InChI is InChI=1S/C10H13BrClN3O/c11-6-5-13-10(12)15-9(6)14-7-3-1-2-4-8(7)16/h5,7-8,16H,1-4H2,(H,13,14,15)/t7-,8-/m1/s1. The van der Waals surface area contributed by atoms with Crippen LogP contribution in [-0.4, -0.2) is 27.2 Å². The van der Waals surface area contributed by atoms with Crippen LogP contribution in [0.4, 0.5) is 5.82 Å². The van der Waals surface area contributed by atoms with Crippen LogP contribution in [0.2, 0.25) is 5.28 Å². The van der Waals surface area contributed by atoms with Gasteiger partial charge in [0.05, 0.1) is 16.6 Å². The van der Waals surface area contributed by atoms with Gasteiger partial charge in [-0.2, -0.15) is 4.98 Å². The molecule has 2 N–H and O–H groups in total. The Balaban J connectivity index is 2.10. The predicted molar refractivity (Wildman–Crippen MR) is 66.6 cm³/mol. The molecule has 0 spiro atoms. The average Bonchev–Trinajstić information content (AvgIpc) is 2.27. The quantitative estimate of drug-likeness (QED) is 0.825. The molecule has 88 valence electrons. The first-order chi connectivity index (χ1) is 7.66. The van der Waals surface area contributed by atoms with Gasteiger partial charge >= 0.3 is 0 Å². The van der Waals surface area contributed by atoms with E-state index in [0.29, 0.717) is 5.82 Å². The maximum absolute atomic E-state index is 9.84. The van der Waals surface area contributed by atoms with Crippen molar-refractivity contribution in [3.63, 3.8) is 0 Å². The summed E-state index contributed by atoms with van der Waals surface area (Å²) in [5, 5.41) is 13.2. The van der Waals surface area contributed by atoms with Gasteiger partial charge < -0.3 is 10.4 Å². The Morgan fingerprint density at radius 3 is 2.94 bits per heavy atom. The Bertz CT molecular complexity index is 377. The van der Waals surface area contributed by atoms with E-state index in [0.717, 1.165) is 30.2 Å². The van der Waals surface area contributed by atoms with Gasteiger partial charge in [0.2, 0.25) is 5.28 Å². The predicted octanol–water partition coefficient (Wildman–Crippen LogP) is 2.61. The van der Waals surface area contributed by atoms with Crippen molar-refractivity contribution < 1.29 is 5.11 Å². The zero-order valence-electron chi connectivity index (χ0n) is 8.66. The van der Waals surface area contributed by atoms with Crippen LogP contribution in [0.3, 0.4) is 0 Å². The van der Waals surface area contributed by atoms with Gasteiger partial charge in [-0.3, -0.25) is 0 Å². The molecule has 2 rings (SSSR count). The lowest BCUT2D eigenvalue weighted by Gasteiger charge is -2.28. The van der Waals surface area contributed by atoms with Crippen molar-refractivity contribution in [2.24, 2.45) is 0 Å². The van der Waals surface area contributed by atoms with Gasteiger partial charge in [-0.1, -0.05) is 12.8 Å². The molecule has 4 nitrogen and oxygen atoms in total. The molecule has 0 bridgehead atoms. The van der Waals surface area contributed by atoms with Crippen LogP contribution in [0, 0.1) is 0 Å². The van der Waals surface area contributed by atoms with E-state index in [2.05, 4.69) is 31.2 Å². The Labute approximate surface area is 108 Å². The molecule has 2 atom stereocenters. The molecule has 0 aliphatic heterocycles.